The molecule has 11 heteroatoms. The fourth-order valence-electron chi connectivity index (χ4n) is 4.18. The fraction of sp³-hybridized carbons (Fsp3) is 0.304. The van der Waals surface area contributed by atoms with Crippen molar-refractivity contribution in [3.05, 3.63) is 77.1 Å². The molecule has 34 heavy (non-hydrogen) atoms. The van der Waals surface area contributed by atoms with Crippen LogP contribution in [0.15, 0.2) is 59.8 Å². The normalized spacial score (nSPS) is 18.3. The summed E-state index contributed by atoms with van der Waals surface area (Å²) in [6.07, 6.45) is -0.717. The van der Waals surface area contributed by atoms with Crippen molar-refractivity contribution >= 4 is 16.0 Å². The number of hydrogen-bond donors (Lipinski definition) is 1. The largest absolute Gasteiger partial charge is 0.485 e. The van der Waals surface area contributed by atoms with Gasteiger partial charge in [-0.2, -0.15) is 13.2 Å². The van der Waals surface area contributed by atoms with Gasteiger partial charge in [-0.25, -0.2) is 23.1 Å². The molecule has 178 valence electrons. The molecule has 1 aliphatic carbocycles. The van der Waals surface area contributed by atoms with Gasteiger partial charge in [0, 0.05) is 23.9 Å². The lowest BCUT2D eigenvalue weighted by Crippen LogP contribution is -2.38. The average molecular weight is 491 g/mol. The van der Waals surface area contributed by atoms with E-state index >= 15 is 0 Å². The minimum absolute atomic E-state index is 0.0348. The van der Waals surface area contributed by atoms with E-state index in [4.69, 9.17) is 9.47 Å². The third-order valence-corrected chi connectivity index (χ3v) is 7.24. The molecule has 1 aromatic heterocycles. The molecule has 1 aliphatic heterocycles. The third-order valence-electron chi connectivity index (χ3n) is 5.91. The molecule has 1 fully saturated rings. The Hall–Kier alpha value is -3.18. The van der Waals surface area contributed by atoms with E-state index in [9.17, 15) is 21.6 Å². The topological polar surface area (TPSA) is 90.4 Å². The Bertz CT molecular complexity index is 1310. The quantitative estimate of drug-likeness (QED) is 0.557. The number of ether oxygens (including phenoxy) is 2. The van der Waals surface area contributed by atoms with Gasteiger partial charge in [0.2, 0.25) is 5.95 Å². The van der Waals surface area contributed by atoms with Gasteiger partial charge in [-0.1, -0.05) is 12.1 Å². The molecule has 7 nitrogen and oxygen atoms in total. The van der Waals surface area contributed by atoms with Crippen LogP contribution in [0.25, 0.3) is 0 Å². The third kappa shape index (κ3) is 4.45. The summed E-state index contributed by atoms with van der Waals surface area (Å²) in [5, 5.41) is 0. The van der Waals surface area contributed by atoms with Crippen molar-refractivity contribution in [2.24, 2.45) is 0 Å². The predicted octanol–water partition coefficient (Wildman–Crippen LogP) is 4.15. The van der Waals surface area contributed by atoms with Crippen LogP contribution in [-0.4, -0.2) is 37.7 Å². The van der Waals surface area contributed by atoms with E-state index in [1.165, 1.54) is 24.5 Å². The first-order valence-electron chi connectivity index (χ1n) is 10.6. The summed E-state index contributed by atoms with van der Waals surface area (Å²) in [5.41, 5.74) is 1.55. The van der Waals surface area contributed by atoms with Crippen LogP contribution >= 0.6 is 0 Å². The highest BCUT2D eigenvalue weighted by Crippen LogP contribution is 2.44. The van der Waals surface area contributed by atoms with E-state index in [-0.39, 0.29) is 28.6 Å². The fourth-order valence-corrected chi connectivity index (χ4v) is 5.19. The van der Waals surface area contributed by atoms with Gasteiger partial charge in [0.15, 0.2) is 0 Å². The van der Waals surface area contributed by atoms with Crippen molar-refractivity contribution in [3.8, 4) is 5.75 Å². The number of benzene rings is 2. The maximum atomic E-state index is 13.3. The molecule has 0 saturated carbocycles. The first-order chi connectivity index (χ1) is 16.2. The molecule has 0 bridgehead atoms. The minimum Gasteiger partial charge on any atom is -0.485 e. The molecule has 0 unspecified atom stereocenters. The predicted molar refractivity (Wildman–Crippen MR) is 116 cm³/mol. The van der Waals surface area contributed by atoms with Crippen LogP contribution in [-0.2, 0) is 27.4 Å². The van der Waals surface area contributed by atoms with Gasteiger partial charge in [0.05, 0.1) is 23.7 Å². The van der Waals surface area contributed by atoms with Crippen molar-refractivity contribution < 1.29 is 31.1 Å². The number of rotatable bonds is 6. The molecule has 1 N–H and O–H groups in total. The van der Waals surface area contributed by atoms with E-state index in [2.05, 4.69) is 14.7 Å². The average Bonchev–Trinajstić information content (AvgIpc) is 3.19. The van der Waals surface area contributed by atoms with Gasteiger partial charge in [-0.3, -0.25) is 0 Å². The smallest absolute Gasteiger partial charge is 0.416 e. The molecule has 0 spiro atoms. The van der Waals surface area contributed by atoms with E-state index in [1.54, 1.807) is 18.2 Å². The molecule has 0 radical (unpaired) electrons. The number of alkyl halides is 3. The molecule has 2 aromatic carbocycles. The van der Waals surface area contributed by atoms with Crippen molar-refractivity contribution in [2.75, 3.05) is 17.9 Å². The van der Waals surface area contributed by atoms with Crippen LogP contribution in [0.2, 0.25) is 0 Å². The molecule has 3 aromatic rings. The second-order valence-electron chi connectivity index (χ2n) is 8.16. The van der Waals surface area contributed by atoms with Gasteiger partial charge in [0.1, 0.15) is 11.9 Å². The highest BCUT2D eigenvalue weighted by molar-refractivity contribution is 7.92. The van der Waals surface area contributed by atoms with Gasteiger partial charge in [0.25, 0.3) is 10.0 Å². The summed E-state index contributed by atoms with van der Waals surface area (Å²) < 4.78 is 78.8. The number of hydrogen-bond acceptors (Lipinski definition) is 6. The lowest BCUT2D eigenvalue weighted by Gasteiger charge is -2.29. The SMILES string of the molecule is O=S(=O)(Nc1ncccn1)c1ccc2c(c1)CC[C@@H]2c1ccc(C(F)(F)F)cc1OC1COC1. The van der Waals surface area contributed by atoms with Crippen molar-refractivity contribution in [1.29, 1.82) is 0 Å². The zero-order valence-corrected chi connectivity index (χ0v) is 18.6. The molecular formula is C23H20F3N3O4S. The Morgan fingerprint density at radius 2 is 1.76 bits per heavy atom. The Labute approximate surface area is 194 Å². The van der Waals surface area contributed by atoms with Crippen molar-refractivity contribution in [2.45, 2.75) is 35.9 Å². The number of anilines is 1. The van der Waals surface area contributed by atoms with Crippen LogP contribution in [0.4, 0.5) is 19.1 Å². The molecule has 2 aliphatic rings. The Kier molecular flexibility index (Phi) is 5.68. The standard InChI is InChI=1S/C23H20F3N3O4S/c24-23(25,26)15-3-6-20(21(11-15)33-16-12-32-13-16)19-5-2-14-10-17(4-7-18(14)19)34(30,31)29-22-27-8-1-9-28-22/h1,3-4,6-11,16,19H,2,5,12-13H2,(H,27,28,29)/t19-/m0/s1. The van der Waals surface area contributed by atoms with Gasteiger partial charge in [-0.05, 0) is 54.3 Å². The van der Waals surface area contributed by atoms with Crippen LogP contribution in [0.3, 0.4) is 0 Å². The number of aromatic nitrogens is 2. The van der Waals surface area contributed by atoms with Crippen LogP contribution in [0, 0.1) is 0 Å². The summed E-state index contributed by atoms with van der Waals surface area (Å²) in [4.78, 5) is 7.82. The molecule has 0 amide bonds. The van der Waals surface area contributed by atoms with E-state index in [0.29, 0.717) is 31.6 Å². The summed E-state index contributed by atoms with van der Waals surface area (Å²) in [5.74, 6) is -0.0663. The Morgan fingerprint density at radius 1 is 1.03 bits per heavy atom. The van der Waals surface area contributed by atoms with E-state index in [0.717, 1.165) is 23.3 Å². The van der Waals surface area contributed by atoms with Crippen molar-refractivity contribution in [1.82, 2.24) is 9.97 Å². The number of nitrogens with zero attached hydrogens (tertiary/aromatic N) is 2. The van der Waals surface area contributed by atoms with Crippen LogP contribution in [0.1, 0.15) is 34.6 Å². The monoisotopic (exact) mass is 491 g/mol. The molecule has 1 saturated heterocycles. The lowest BCUT2D eigenvalue weighted by molar-refractivity contribution is -0.138. The lowest BCUT2D eigenvalue weighted by atomic mass is 9.91. The Balaban J connectivity index is 1.46. The van der Waals surface area contributed by atoms with E-state index in [1.807, 2.05) is 0 Å². The highest BCUT2D eigenvalue weighted by Gasteiger charge is 2.35. The molecule has 5 rings (SSSR count). The van der Waals surface area contributed by atoms with Gasteiger partial charge >= 0.3 is 6.18 Å². The van der Waals surface area contributed by atoms with E-state index < -0.39 is 21.8 Å². The molecular weight excluding hydrogens is 471 g/mol. The first-order valence-corrected chi connectivity index (χ1v) is 12.1. The zero-order valence-electron chi connectivity index (χ0n) is 17.7. The molecule has 2 heterocycles. The van der Waals surface area contributed by atoms with Crippen molar-refractivity contribution in [3.63, 3.8) is 0 Å². The Morgan fingerprint density at radius 3 is 2.44 bits per heavy atom. The van der Waals surface area contributed by atoms with Gasteiger partial charge in [-0.15, -0.1) is 0 Å². The number of nitrogens with one attached hydrogen (secondary N) is 1. The highest BCUT2D eigenvalue weighted by atomic mass is 32.2. The van der Waals surface area contributed by atoms with Crippen LogP contribution < -0.4 is 9.46 Å². The summed E-state index contributed by atoms with van der Waals surface area (Å²) >= 11 is 0. The summed E-state index contributed by atoms with van der Waals surface area (Å²) in [6, 6.07) is 9.90. The zero-order chi connectivity index (χ0) is 23.9. The number of halogens is 3. The number of fused-ring (bicyclic) bond motifs is 1. The second-order valence-corrected chi connectivity index (χ2v) is 9.84. The summed E-state index contributed by atoms with van der Waals surface area (Å²) in [6.45, 7) is 0.659. The second kappa shape index (κ2) is 8.55. The summed E-state index contributed by atoms with van der Waals surface area (Å²) in [7, 11) is -3.90. The minimum atomic E-state index is -4.49. The van der Waals surface area contributed by atoms with Gasteiger partial charge < -0.3 is 9.47 Å². The maximum absolute atomic E-state index is 13.3. The maximum Gasteiger partial charge on any atom is 0.416 e. The van der Waals surface area contributed by atoms with Crippen LogP contribution in [0.5, 0.6) is 5.75 Å². The number of aryl methyl sites for hydroxylation is 1. The number of sulfonamides is 1. The first kappa shape index (κ1) is 22.6. The molecule has 1 atom stereocenters.